The number of benzene rings is 2. The van der Waals surface area contributed by atoms with Gasteiger partial charge in [0.1, 0.15) is 11.6 Å². The minimum absolute atomic E-state index is 0.134. The smallest absolute Gasteiger partial charge is 0.267 e. The van der Waals surface area contributed by atoms with Gasteiger partial charge >= 0.3 is 0 Å². The second-order valence-corrected chi connectivity index (χ2v) is 6.62. The largest absolute Gasteiger partial charge is 0.268 e. The van der Waals surface area contributed by atoms with E-state index in [0.29, 0.717) is 22.5 Å². The van der Waals surface area contributed by atoms with Gasteiger partial charge in [-0.1, -0.05) is 52.3 Å². The van der Waals surface area contributed by atoms with Crippen LogP contribution in [0.25, 0.3) is 28.9 Å². The van der Waals surface area contributed by atoms with Crippen molar-refractivity contribution in [1.82, 2.24) is 14.5 Å². The molecule has 0 aliphatic carbocycles. The zero-order valence-electron chi connectivity index (χ0n) is 13.7. The van der Waals surface area contributed by atoms with Crippen molar-refractivity contribution < 1.29 is 0 Å². The number of hydrogen-bond donors (Lipinski definition) is 0. The van der Waals surface area contributed by atoms with Crippen LogP contribution in [0.3, 0.4) is 0 Å². The Kier molecular flexibility index (Phi) is 4.46. The minimum Gasteiger partial charge on any atom is -0.268 e. The maximum atomic E-state index is 13.0. The van der Waals surface area contributed by atoms with E-state index >= 15 is 0 Å². The normalized spacial score (nSPS) is 11.3. The van der Waals surface area contributed by atoms with Crippen molar-refractivity contribution in [2.24, 2.45) is 0 Å². The summed E-state index contributed by atoms with van der Waals surface area (Å²) in [4.78, 5) is 22.0. The van der Waals surface area contributed by atoms with Crippen molar-refractivity contribution in [3.05, 3.63) is 99.1 Å². The van der Waals surface area contributed by atoms with Gasteiger partial charge in [0.05, 0.1) is 10.9 Å². The fourth-order valence-electron chi connectivity index (χ4n) is 2.71. The Bertz CT molecular complexity index is 1150. The number of aromatic nitrogens is 3. The molecule has 0 saturated heterocycles. The summed E-state index contributed by atoms with van der Waals surface area (Å²) >= 11 is 3.43. The van der Waals surface area contributed by atoms with E-state index in [1.54, 1.807) is 18.3 Å². The van der Waals surface area contributed by atoms with Crippen molar-refractivity contribution in [3.8, 4) is 5.82 Å². The molecular formula is C21H14BrN3O. The number of halogens is 1. The zero-order valence-corrected chi connectivity index (χ0v) is 15.3. The summed E-state index contributed by atoms with van der Waals surface area (Å²) in [6, 6.07) is 20.7. The number of fused-ring (bicyclic) bond motifs is 1. The lowest BCUT2D eigenvalue weighted by atomic mass is 10.2. The van der Waals surface area contributed by atoms with Gasteiger partial charge in [0, 0.05) is 10.7 Å². The van der Waals surface area contributed by atoms with E-state index in [0.717, 1.165) is 10.0 Å². The lowest BCUT2D eigenvalue weighted by Gasteiger charge is -2.10. The van der Waals surface area contributed by atoms with Crippen molar-refractivity contribution in [2.45, 2.75) is 0 Å². The van der Waals surface area contributed by atoms with Crippen molar-refractivity contribution in [2.75, 3.05) is 0 Å². The number of para-hydroxylation sites is 1. The van der Waals surface area contributed by atoms with Crippen LogP contribution < -0.4 is 5.56 Å². The Morgan fingerprint density at radius 2 is 1.65 bits per heavy atom. The predicted molar refractivity (Wildman–Crippen MR) is 108 cm³/mol. The lowest BCUT2D eigenvalue weighted by Crippen LogP contribution is -2.23. The molecule has 0 N–H and O–H groups in total. The molecule has 0 fully saturated rings. The van der Waals surface area contributed by atoms with E-state index in [4.69, 9.17) is 0 Å². The summed E-state index contributed by atoms with van der Waals surface area (Å²) in [5, 5.41) is 0.568. The maximum Gasteiger partial charge on any atom is 0.267 e. The van der Waals surface area contributed by atoms with Gasteiger partial charge in [-0.15, -0.1) is 0 Å². The minimum atomic E-state index is -0.134. The van der Waals surface area contributed by atoms with Crippen LogP contribution in [0.4, 0.5) is 0 Å². The fraction of sp³-hybridized carbons (Fsp3) is 0. The molecule has 0 amide bonds. The van der Waals surface area contributed by atoms with Crippen molar-refractivity contribution in [1.29, 1.82) is 0 Å². The first-order valence-electron chi connectivity index (χ1n) is 8.09. The third-order valence-electron chi connectivity index (χ3n) is 3.97. The lowest BCUT2D eigenvalue weighted by molar-refractivity contribution is 0.905. The van der Waals surface area contributed by atoms with E-state index in [1.165, 1.54) is 4.57 Å². The van der Waals surface area contributed by atoms with Gasteiger partial charge in [0.15, 0.2) is 0 Å². The second kappa shape index (κ2) is 7.06. The average Bonchev–Trinajstić information content (AvgIpc) is 2.68. The topological polar surface area (TPSA) is 47.8 Å². The summed E-state index contributed by atoms with van der Waals surface area (Å²) in [6.07, 6.45) is 5.44. The van der Waals surface area contributed by atoms with Crippen LogP contribution in [0.1, 0.15) is 11.4 Å². The Morgan fingerprint density at radius 3 is 2.42 bits per heavy atom. The molecule has 2 heterocycles. The first-order chi connectivity index (χ1) is 12.7. The summed E-state index contributed by atoms with van der Waals surface area (Å²) in [5.41, 5.74) is 1.55. The number of hydrogen-bond acceptors (Lipinski definition) is 3. The Labute approximate surface area is 158 Å². The molecule has 0 bridgehead atoms. The highest BCUT2D eigenvalue weighted by Gasteiger charge is 2.11. The number of nitrogens with zero attached hydrogens (tertiary/aromatic N) is 3. The van der Waals surface area contributed by atoms with Crippen LogP contribution in [0.15, 0.2) is 82.2 Å². The van der Waals surface area contributed by atoms with E-state index in [9.17, 15) is 4.79 Å². The zero-order chi connectivity index (χ0) is 17.9. The van der Waals surface area contributed by atoms with E-state index in [-0.39, 0.29) is 5.56 Å². The molecule has 5 heteroatoms. The highest BCUT2D eigenvalue weighted by Crippen LogP contribution is 2.15. The molecule has 26 heavy (non-hydrogen) atoms. The quantitative estimate of drug-likeness (QED) is 0.497. The Balaban J connectivity index is 1.92. The van der Waals surface area contributed by atoms with E-state index < -0.39 is 0 Å². The third kappa shape index (κ3) is 3.21. The Hall–Kier alpha value is -3.05. The molecule has 0 atom stereocenters. The highest BCUT2D eigenvalue weighted by atomic mass is 79.9. The molecule has 0 aliphatic rings. The maximum absolute atomic E-state index is 13.0. The molecule has 0 unspecified atom stereocenters. The SMILES string of the molecule is O=c1c2ccccc2nc(/C=C/c2ccc(Br)cc2)n1-c1ccccn1. The highest BCUT2D eigenvalue weighted by molar-refractivity contribution is 9.10. The first kappa shape index (κ1) is 16.4. The second-order valence-electron chi connectivity index (χ2n) is 5.70. The molecule has 126 valence electrons. The molecule has 0 aliphatic heterocycles. The van der Waals surface area contributed by atoms with Crippen molar-refractivity contribution in [3.63, 3.8) is 0 Å². The summed E-state index contributed by atoms with van der Waals surface area (Å²) in [6.45, 7) is 0. The van der Waals surface area contributed by atoms with Crippen LogP contribution in [0.5, 0.6) is 0 Å². The van der Waals surface area contributed by atoms with E-state index in [1.807, 2.05) is 66.7 Å². The standard InChI is InChI=1S/C21H14BrN3O/c22-16-11-8-15(9-12-16)10-13-20-24-18-6-2-1-5-17(18)21(26)25(20)19-7-3-4-14-23-19/h1-14H/b13-10+. The molecule has 4 rings (SSSR count). The molecule has 2 aromatic heterocycles. The molecular weight excluding hydrogens is 390 g/mol. The number of pyridine rings is 1. The summed E-state index contributed by atoms with van der Waals surface area (Å²) in [7, 11) is 0. The first-order valence-corrected chi connectivity index (χ1v) is 8.88. The molecule has 4 nitrogen and oxygen atoms in total. The van der Waals surface area contributed by atoms with Crippen LogP contribution >= 0.6 is 15.9 Å². The van der Waals surface area contributed by atoms with Gasteiger partial charge < -0.3 is 0 Å². The summed E-state index contributed by atoms with van der Waals surface area (Å²) in [5.74, 6) is 1.08. The van der Waals surface area contributed by atoms with Crippen LogP contribution in [0, 0.1) is 0 Å². The third-order valence-corrected chi connectivity index (χ3v) is 4.50. The van der Waals surface area contributed by atoms with Gasteiger partial charge in [-0.25, -0.2) is 14.5 Å². The van der Waals surface area contributed by atoms with Crippen LogP contribution in [-0.4, -0.2) is 14.5 Å². The molecule has 4 aromatic rings. The molecule has 0 radical (unpaired) electrons. The van der Waals surface area contributed by atoms with Crippen molar-refractivity contribution >= 4 is 39.0 Å². The number of rotatable bonds is 3. The Morgan fingerprint density at radius 1 is 0.885 bits per heavy atom. The summed E-state index contributed by atoms with van der Waals surface area (Å²) < 4.78 is 2.56. The fourth-order valence-corrected chi connectivity index (χ4v) is 2.98. The van der Waals surface area contributed by atoms with Crippen LogP contribution in [0.2, 0.25) is 0 Å². The molecule has 0 spiro atoms. The van der Waals surface area contributed by atoms with E-state index in [2.05, 4.69) is 25.9 Å². The monoisotopic (exact) mass is 403 g/mol. The molecule has 0 saturated carbocycles. The predicted octanol–water partition coefficient (Wildman–Crippen LogP) is 4.71. The molecule has 2 aromatic carbocycles. The van der Waals surface area contributed by atoms with Gasteiger partial charge in [-0.05, 0) is 48.0 Å². The average molecular weight is 404 g/mol. The van der Waals surface area contributed by atoms with Gasteiger partial charge in [0.2, 0.25) is 0 Å². The van der Waals surface area contributed by atoms with Crippen LogP contribution in [-0.2, 0) is 0 Å². The van der Waals surface area contributed by atoms with Gasteiger partial charge in [-0.3, -0.25) is 4.79 Å². The van der Waals surface area contributed by atoms with Gasteiger partial charge in [0.25, 0.3) is 5.56 Å². The van der Waals surface area contributed by atoms with Gasteiger partial charge in [-0.2, -0.15) is 0 Å².